The SMILES string of the molecule is CC(C)C[C@@H](NC(=O)c1ccc(Cl)cc1)C(=O)N1CC[NH+](Cc2ccncc2)CC1. The quantitative estimate of drug-likeness (QED) is 0.705. The van der Waals surface area contributed by atoms with Crippen LogP contribution in [0.5, 0.6) is 0 Å². The van der Waals surface area contributed by atoms with E-state index in [1.165, 1.54) is 10.5 Å². The first-order valence-corrected chi connectivity index (χ1v) is 10.9. The minimum absolute atomic E-state index is 0.00831. The Hall–Kier alpha value is -2.44. The van der Waals surface area contributed by atoms with Crippen LogP contribution in [0.4, 0.5) is 0 Å². The Morgan fingerprint density at radius 3 is 2.33 bits per heavy atom. The van der Waals surface area contributed by atoms with Crippen molar-refractivity contribution in [1.29, 1.82) is 0 Å². The van der Waals surface area contributed by atoms with Crippen LogP contribution in [-0.2, 0) is 11.3 Å². The molecule has 2 heterocycles. The largest absolute Gasteiger partial charge is 0.340 e. The van der Waals surface area contributed by atoms with Gasteiger partial charge in [0.2, 0.25) is 5.91 Å². The van der Waals surface area contributed by atoms with Gasteiger partial charge in [-0.3, -0.25) is 14.6 Å². The first-order valence-electron chi connectivity index (χ1n) is 10.5. The molecule has 1 saturated heterocycles. The van der Waals surface area contributed by atoms with Crippen LogP contribution in [0, 0.1) is 5.92 Å². The summed E-state index contributed by atoms with van der Waals surface area (Å²) in [5.41, 5.74) is 1.76. The first-order chi connectivity index (χ1) is 14.4. The number of amides is 2. The van der Waals surface area contributed by atoms with E-state index < -0.39 is 6.04 Å². The van der Waals surface area contributed by atoms with Crippen LogP contribution in [-0.4, -0.2) is 53.9 Å². The smallest absolute Gasteiger partial charge is 0.251 e. The van der Waals surface area contributed by atoms with Gasteiger partial charge in [-0.2, -0.15) is 0 Å². The molecule has 0 aliphatic carbocycles. The number of rotatable bonds is 7. The van der Waals surface area contributed by atoms with Crippen LogP contribution < -0.4 is 10.2 Å². The lowest BCUT2D eigenvalue weighted by molar-refractivity contribution is -0.917. The molecule has 1 aliphatic rings. The number of pyridine rings is 1. The molecule has 3 rings (SSSR count). The lowest BCUT2D eigenvalue weighted by Gasteiger charge is -2.34. The Kier molecular flexibility index (Phi) is 7.82. The molecular weight excluding hydrogens is 400 g/mol. The molecule has 160 valence electrons. The molecule has 1 aromatic heterocycles. The fraction of sp³-hybridized carbons (Fsp3) is 0.435. The van der Waals surface area contributed by atoms with E-state index in [1.54, 1.807) is 24.3 Å². The maximum atomic E-state index is 13.2. The van der Waals surface area contributed by atoms with E-state index in [2.05, 4.69) is 24.1 Å². The summed E-state index contributed by atoms with van der Waals surface area (Å²) < 4.78 is 0. The van der Waals surface area contributed by atoms with Gasteiger partial charge in [-0.05, 0) is 48.7 Å². The monoisotopic (exact) mass is 429 g/mol. The van der Waals surface area contributed by atoms with Crippen LogP contribution in [0.3, 0.4) is 0 Å². The number of hydrogen-bond acceptors (Lipinski definition) is 3. The third-order valence-electron chi connectivity index (χ3n) is 5.40. The van der Waals surface area contributed by atoms with Gasteiger partial charge in [-0.25, -0.2) is 0 Å². The second-order valence-electron chi connectivity index (χ2n) is 8.27. The average Bonchev–Trinajstić information content (AvgIpc) is 2.74. The Morgan fingerprint density at radius 2 is 1.73 bits per heavy atom. The van der Waals surface area contributed by atoms with Gasteiger partial charge >= 0.3 is 0 Å². The molecule has 2 amide bonds. The minimum Gasteiger partial charge on any atom is -0.340 e. The standard InChI is InChI=1S/C23H29ClN4O2/c1-17(2)15-21(26-22(29)19-3-5-20(24)6-4-19)23(30)28-13-11-27(12-14-28)16-18-7-9-25-10-8-18/h3-10,17,21H,11-16H2,1-2H3,(H,26,29)/p+1/t21-/m1/s1. The highest BCUT2D eigenvalue weighted by molar-refractivity contribution is 6.30. The van der Waals surface area contributed by atoms with E-state index in [0.29, 0.717) is 36.0 Å². The average molecular weight is 430 g/mol. The number of piperazine rings is 1. The fourth-order valence-corrected chi connectivity index (χ4v) is 3.89. The second kappa shape index (κ2) is 10.5. The molecule has 1 fully saturated rings. The van der Waals surface area contributed by atoms with E-state index >= 15 is 0 Å². The van der Waals surface area contributed by atoms with Crippen LogP contribution in [0.1, 0.15) is 36.2 Å². The number of nitrogens with one attached hydrogen (secondary N) is 2. The number of aromatic nitrogens is 1. The summed E-state index contributed by atoms with van der Waals surface area (Å²) >= 11 is 5.91. The lowest BCUT2D eigenvalue weighted by Crippen LogP contribution is -3.13. The summed E-state index contributed by atoms with van der Waals surface area (Å²) in [4.78, 5) is 33.3. The fourth-order valence-electron chi connectivity index (χ4n) is 3.77. The molecule has 7 heteroatoms. The van der Waals surface area contributed by atoms with Gasteiger partial charge in [0.15, 0.2) is 0 Å². The van der Waals surface area contributed by atoms with Gasteiger partial charge in [0.1, 0.15) is 12.6 Å². The van der Waals surface area contributed by atoms with Gasteiger partial charge in [0, 0.05) is 28.5 Å². The summed E-state index contributed by atoms with van der Waals surface area (Å²) in [6.45, 7) is 8.25. The summed E-state index contributed by atoms with van der Waals surface area (Å²) in [5, 5.41) is 3.52. The molecule has 0 unspecified atom stereocenters. The summed E-state index contributed by atoms with van der Waals surface area (Å²) in [6.07, 6.45) is 4.24. The van der Waals surface area contributed by atoms with Crippen molar-refractivity contribution in [1.82, 2.24) is 15.2 Å². The molecule has 30 heavy (non-hydrogen) atoms. The van der Waals surface area contributed by atoms with Crippen molar-refractivity contribution in [2.45, 2.75) is 32.9 Å². The predicted molar refractivity (Wildman–Crippen MR) is 117 cm³/mol. The number of benzene rings is 1. The van der Waals surface area contributed by atoms with Gasteiger partial charge in [-0.15, -0.1) is 0 Å². The Bertz CT molecular complexity index is 834. The lowest BCUT2D eigenvalue weighted by atomic mass is 10.0. The molecule has 1 atom stereocenters. The molecule has 0 bridgehead atoms. The highest BCUT2D eigenvalue weighted by Gasteiger charge is 2.30. The third-order valence-corrected chi connectivity index (χ3v) is 5.65. The van der Waals surface area contributed by atoms with Gasteiger partial charge in [-0.1, -0.05) is 25.4 Å². The maximum Gasteiger partial charge on any atom is 0.251 e. The number of quaternary nitrogens is 1. The van der Waals surface area contributed by atoms with Crippen molar-refractivity contribution < 1.29 is 14.5 Å². The topological polar surface area (TPSA) is 66.7 Å². The molecule has 6 nitrogen and oxygen atoms in total. The van der Waals surface area contributed by atoms with E-state index in [-0.39, 0.29) is 11.8 Å². The summed E-state index contributed by atoms with van der Waals surface area (Å²) in [5.74, 6) is 0.0599. The van der Waals surface area contributed by atoms with Crippen molar-refractivity contribution in [3.63, 3.8) is 0 Å². The minimum atomic E-state index is -0.519. The molecular formula is C23H30ClN4O2+. The molecule has 0 radical (unpaired) electrons. The first kappa shape index (κ1) is 22.2. The van der Waals surface area contributed by atoms with Crippen molar-refractivity contribution in [2.75, 3.05) is 26.2 Å². The number of carbonyl (C=O) groups is 2. The van der Waals surface area contributed by atoms with Gasteiger partial charge in [0.05, 0.1) is 26.2 Å². The van der Waals surface area contributed by atoms with E-state index in [1.807, 2.05) is 29.4 Å². The number of nitrogens with zero attached hydrogens (tertiary/aromatic N) is 2. The zero-order valence-electron chi connectivity index (χ0n) is 17.6. The van der Waals surface area contributed by atoms with Crippen molar-refractivity contribution in [3.8, 4) is 0 Å². The van der Waals surface area contributed by atoms with Crippen molar-refractivity contribution in [2.24, 2.45) is 5.92 Å². The highest BCUT2D eigenvalue weighted by atomic mass is 35.5. The van der Waals surface area contributed by atoms with E-state index in [9.17, 15) is 9.59 Å². The van der Waals surface area contributed by atoms with Gasteiger partial charge < -0.3 is 15.1 Å². The zero-order chi connectivity index (χ0) is 21.5. The Labute approximate surface area is 183 Å². The molecule has 2 aromatic rings. The van der Waals surface area contributed by atoms with Gasteiger partial charge in [0.25, 0.3) is 5.91 Å². The number of hydrogen-bond donors (Lipinski definition) is 2. The van der Waals surface area contributed by atoms with Crippen LogP contribution in [0.25, 0.3) is 0 Å². The number of halogens is 1. The maximum absolute atomic E-state index is 13.2. The molecule has 1 aromatic carbocycles. The van der Waals surface area contributed by atoms with Crippen molar-refractivity contribution >= 4 is 23.4 Å². The Balaban J connectivity index is 1.58. The molecule has 2 N–H and O–H groups in total. The van der Waals surface area contributed by atoms with Crippen LogP contribution in [0.2, 0.25) is 5.02 Å². The van der Waals surface area contributed by atoms with Crippen LogP contribution >= 0.6 is 11.6 Å². The summed E-state index contributed by atoms with van der Waals surface area (Å²) in [6, 6.07) is 10.3. The molecule has 1 aliphatic heterocycles. The normalized spacial score (nSPS) is 15.8. The van der Waals surface area contributed by atoms with Crippen LogP contribution in [0.15, 0.2) is 48.8 Å². The number of carbonyl (C=O) groups excluding carboxylic acids is 2. The summed E-state index contributed by atoms with van der Waals surface area (Å²) in [7, 11) is 0. The highest BCUT2D eigenvalue weighted by Crippen LogP contribution is 2.12. The predicted octanol–water partition coefficient (Wildman–Crippen LogP) is 1.81. The molecule has 0 spiro atoms. The zero-order valence-corrected chi connectivity index (χ0v) is 18.4. The Morgan fingerprint density at radius 1 is 1.10 bits per heavy atom. The third kappa shape index (κ3) is 6.28. The second-order valence-corrected chi connectivity index (χ2v) is 8.71. The molecule has 0 saturated carbocycles. The van der Waals surface area contributed by atoms with E-state index in [4.69, 9.17) is 11.6 Å². The van der Waals surface area contributed by atoms with Crippen molar-refractivity contribution in [3.05, 3.63) is 64.9 Å². The van der Waals surface area contributed by atoms with E-state index in [0.717, 1.165) is 19.6 Å².